The van der Waals surface area contributed by atoms with Gasteiger partial charge in [-0.2, -0.15) is 0 Å². The van der Waals surface area contributed by atoms with Gasteiger partial charge >= 0.3 is 29.8 Å². The molecule has 14 heteroatoms. The quantitative estimate of drug-likeness (QED) is 0.281. The Morgan fingerprint density at radius 1 is 0.676 bits per heavy atom. The van der Waals surface area contributed by atoms with Gasteiger partial charge in [0, 0.05) is 47.5 Å². The molecule has 8 unspecified atom stereocenters. The number of carbonyl (C=O) groups is 5. The minimum atomic E-state index is -1.32. The lowest BCUT2D eigenvalue weighted by molar-refractivity contribution is -0.277. The highest BCUT2D eigenvalue weighted by Gasteiger charge is 2.52. The molecule has 37 heavy (non-hydrogen) atoms. The first-order valence-electron chi connectivity index (χ1n) is 11.7. The van der Waals surface area contributed by atoms with E-state index in [1.165, 1.54) is 13.8 Å². The minimum Gasteiger partial charge on any atom is -0.463 e. The highest BCUT2D eigenvalue weighted by atomic mass is 16.7. The lowest BCUT2D eigenvalue weighted by Crippen LogP contribution is -2.63. The van der Waals surface area contributed by atoms with E-state index in [-0.39, 0.29) is 32.7 Å². The highest BCUT2D eigenvalue weighted by Crippen LogP contribution is 2.31. The van der Waals surface area contributed by atoms with Crippen molar-refractivity contribution in [2.75, 3.05) is 19.8 Å². The van der Waals surface area contributed by atoms with Gasteiger partial charge in [0.2, 0.25) is 0 Å². The molecule has 0 amide bonds. The van der Waals surface area contributed by atoms with E-state index in [0.717, 1.165) is 20.8 Å². The van der Waals surface area contributed by atoms with Crippen LogP contribution < -0.4 is 0 Å². The maximum atomic E-state index is 11.9. The largest absolute Gasteiger partial charge is 0.463 e. The number of hydrogen-bond acceptors (Lipinski definition) is 14. The number of ether oxygens (including phenoxy) is 8. The predicted molar refractivity (Wildman–Crippen MR) is 118 cm³/mol. The van der Waals surface area contributed by atoms with Crippen LogP contribution in [0.2, 0.25) is 0 Å². The van der Waals surface area contributed by atoms with E-state index in [1.54, 1.807) is 0 Å². The maximum absolute atomic E-state index is 11.9. The topological polar surface area (TPSA) is 179 Å². The van der Waals surface area contributed by atoms with E-state index in [0.29, 0.717) is 0 Å². The number of hydrogen-bond donors (Lipinski definition) is 1. The molecule has 0 aromatic heterocycles. The third kappa shape index (κ3) is 9.87. The standard InChI is InChI=1S/C23H34O14/c1-11(25)30-9-18-21(33-13(3)27)23(35-15(5)29)22(34-14(4)28)19(37-18)10-31-20-7-16(32-12(2)26)6-17(8-24)36-20/h16-24H,6-10H2,1-5H3. The fraction of sp³-hybridized carbons (Fsp3) is 0.783. The number of aliphatic hydroxyl groups excluding tert-OH is 1. The molecule has 2 aliphatic rings. The Kier molecular flexibility index (Phi) is 11.7. The van der Waals surface area contributed by atoms with E-state index < -0.39 is 78.9 Å². The van der Waals surface area contributed by atoms with Crippen molar-refractivity contribution >= 4 is 29.8 Å². The average molecular weight is 535 g/mol. The Bertz CT molecular complexity index is 828. The van der Waals surface area contributed by atoms with Crippen molar-refractivity contribution in [2.24, 2.45) is 0 Å². The van der Waals surface area contributed by atoms with Crippen LogP contribution in [0.4, 0.5) is 0 Å². The summed E-state index contributed by atoms with van der Waals surface area (Å²) in [6, 6.07) is 0. The maximum Gasteiger partial charge on any atom is 0.303 e. The van der Waals surface area contributed by atoms with Crippen molar-refractivity contribution in [3.63, 3.8) is 0 Å². The first-order valence-corrected chi connectivity index (χ1v) is 11.7. The monoisotopic (exact) mass is 534 g/mol. The molecule has 0 aromatic carbocycles. The van der Waals surface area contributed by atoms with Gasteiger partial charge in [0.15, 0.2) is 24.6 Å². The Morgan fingerprint density at radius 2 is 1.19 bits per heavy atom. The van der Waals surface area contributed by atoms with Crippen molar-refractivity contribution < 1.29 is 67.0 Å². The summed E-state index contributed by atoms with van der Waals surface area (Å²) in [5.41, 5.74) is 0. The zero-order chi connectivity index (χ0) is 27.7. The molecule has 1 N–H and O–H groups in total. The lowest BCUT2D eigenvalue weighted by Gasteiger charge is -2.44. The van der Waals surface area contributed by atoms with E-state index in [1.807, 2.05) is 0 Å². The molecule has 0 radical (unpaired) electrons. The fourth-order valence-corrected chi connectivity index (χ4v) is 4.14. The SMILES string of the molecule is CC(=O)OCC1OC(COC2CC(OC(C)=O)CC(CO)O2)C(OC(C)=O)C(OC(C)=O)C1OC(C)=O. The van der Waals surface area contributed by atoms with Crippen LogP contribution in [0.5, 0.6) is 0 Å². The van der Waals surface area contributed by atoms with Gasteiger partial charge in [-0.3, -0.25) is 24.0 Å². The Hall–Kier alpha value is -2.81. The molecule has 210 valence electrons. The summed E-state index contributed by atoms with van der Waals surface area (Å²) >= 11 is 0. The highest BCUT2D eigenvalue weighted by molar-refractivity contribution is 5.69. The smallest absolute Gasteiger partial charge is 0.303 e. The summed E-state index contributed by atoms with van der Waals surface area (Å²) in [6.45, 7) is 4.83. The zero-order valence-corrected chi connectivity index (χ0v) is 21.4. The van der Waals surface area contributed by atoms with E-state index >= 15 is 0 Å². The van der Waals surface area contributed by atoms with Crippen LogP contribution in [0.1, 0.15) is 47.5 Å². The number of rotatable bonds is 10. The van der Waals surface area contributed by atoms with Gasteiger partial charge in [-0.25, -0.2) is 0 Å². The van der Waals surface area contributed by atoms with E-state index in [9.17, 15) is 29.1 Å². The predicted octanol–water partition coefficient (Wildman–Crippen LogP) is -0.442. The second-order valence-electron chi connectivity index (χ2n) is 8.64. The molecule has 0 spiro atoms. The van der Waals surface area contributed by atoms with Crippen LogP contribution in [0.25, 0.3) is 0 Å². The van der Waals surface area contributed by atoms with E-state index in [4.69, 9.17) is 37.9 Å². The molecular weight excluding hydrogens is 500 g/mol. The average Bonchev–Trinajstić information content (AvgIpc) is 2.78. The van der Waals surface area contributed by atoms with Crippen LogP contribution in [-0.4, -0.2) is 104 Å². The molecule has 2 rings (SSSR count). The third-order valence-electron chi connectivity index (χ3n) is 5.40. The van der Waals surface area contributed by atoms with Crippen LogP contribution in [0.3, 0.4) is 0 Å². The molecule has 2 saturated heterocycles. The first kappa shape index (κ1) is 30.4. The van der Waals surface area contributed by atoms with Gasteiger partial charge in [-0.05, 0) is 0 Å². The van der Waals surface area contributed by atoms with Crippen molar-refractivity contribution in [3.8, 4) is 0 Å². The molecule has 2 aliphatic heterocycles. The molecule has 14 nitrogen and oxygen atoms in total. The summed E-state index contributed by atoms with van der Waals surface area (Å²) < 4.78 is 43.8. The molecule has 0 bridgehead atoms. The molecule has 0 aliphatic carbocycles. The van der Waals surface area contributed by atoms with Crippen molar-refractivity contribution in [1.29, 1.82) is 0 Å². The Balaban J connectivity index is 2.29. The van der Waals surface area contributed by atoms with E-state index in [2.05, 4.69) is 0 Å². The first-order chi connectivity index (χ1) is 17.4. The number of carbonyl (C=O) groups excluding carboxylic acids is 5. The molecule has 2 heterocycles. The lowest BCUT2D eigenvalue weighted by atomic mass is 9.94. The number of aliphatic hydroxyl groups is 1. The molecular formula is C23H34O14. The summed E-state index contributed by atoms with van der Waals surface area (Å²) in [5, 5.41) is 9.54. The van der Waals surface area contributed by atoms with Crippen molar-refractivity contribution in [3.05, 3.63) is 0 Å². The van der Waals surface area contributed by atoms with Crippen molar-refractivity contribution in [2.45, 2.75) is 96.5 Å². The molecule has 0 aromatic rings. The summed E-state index contributed by atoms with van der Waals surface area (Å²) in [6.07, 6.45) is -7.80. The summed E-state index contributed by atoms with van der Waals surface area (Å²) in [7, 11) is 0. The Labute approximate surface area is 213 Å². The fourth-order valence-electron chi connectivity index (χ4n) is 4.14. The van der Waals surface area contributed by atoms with Gasteiger partial charge in [0.05, 0.1) is 19.3 Å². The second-order valence-corrected chi connectivity index (χ2v) is 8.64. The van der Waals surface area contributed by atoms with Gasteiger partial charge in [0.1, 0.15) is 24.9 Å². The third-order valence-corrected chi connectivity index (χ3v) is 5.40. The van der Waals surface area contributed by atoms with Crippen LogP contribution in [0, 0.1) is 0 Å². The van der Waals surface area contributed by atoms with Gasteiger partial charge in [0.25, 0.3) is 0 Å². The van der Waals surface area contributed by atoms with Crippen LogP contribution >= 0.6 is 0 Å². The summed E-state index contributed by atoms with van der Waals surface area (Å²) in [5.74, 6) is -3.36. The van der Waals surface area contributed by atoms with Crippen molar-refractivity contribution in [1.82, 2.24) is 0 Å². The molecule has 0 saturated carbocycles. The summed E-state index contributed by atoms with van der Waals surface area (Å²) in [4.78, 5) is 58.4. The van der Waals surface area contributed by atoms with Gasteiger partial charge < -0.3 is 43.0 Å². The van der Waals surface area contributed by atoms with Crippen LogP contribution in [0.15, 0.2) is 0 Å². The normalized spacial score (nSPS) is 31.5. The Morgan fingerprint density at radius 3 is 1.68 bits per heavy atom. The van der Waals surface area contributed by atoms with Gasteiger partial charge in [-0.15, -0.1) is 0 Å². The van der Waals surface area contributed by atoms with Crippen LogP contribution in [-0.2, 0) is 61.9 Å². The number of esters is 5. The second kappa shape index (κ2) is 14.2. The zero-order valence-electron chi connectivity index (χ0n) is 21.4. The minimum absolute atomic E-state index is 0.154. The van der Waals surface area contributed by atoms with Gasteiger partial charge in [-0.1, -0.05) is 0 Å². The molecule has 2 fully saturated rings. The molecule has 8 atom stereocenters.